The molecule has 166 valence electrons. The van der Waals surface area contributed by atoms with E-state index in [2.05, 4.69) is 9.88 Å². The highest BCUT2D eigenvalue weighted by molar-refractivity contribution is 6.31. The summed E-state index contributed by atoms with van der Waals surface area (Å²) < 4.78 is 7.49. The fourth-order valence-corrected chi connectivity index (χ4v) is 3.86. The van der Waals surface area contributed by atoms with Crippen molar-refractivity contribution in [2.75, 3.05) is 31.1 Å². The van der Waals surface area contributed by atoms with Gasteiger partial charge in [0, 0.05) is 54.7 Å². The molecule has 4 rings (SSSR count). The molecule has 7 nitrogen and oxygen atoms in total. The topological polar surface area (TPSA) is 67.7 Å². The molecule has 3 heterocycles. The van der Waals surface area contributed by atoms with Crippen molar-refractivity contribution in [3.05, 3.63) is 87.4 Å². The Bertz CT molecular complexity index is 1140. The van der Waals surface area contributed by atoms with E-state index < -0.39 is 0 Å². The van der Waals surface area contributed by atoms with Crippen molar-refractivity contribution in [1.29, 1.82) is 0 Å². The second-order valence-electron chi connectivity index (χ2n) is 7.71. The number of halogens is 1. The molecule has 0 atom stereocenters. The summed E-state index contributed by atoms with van der Waals surface area (Å²) in [5.74, 6) is 1.13. The molecule has 1 aromatic carbocycles. The Labute approximate surface area is 191 Å². The molecule has 0 unspecified atom stereocenters. The van der Waals surface area contributed by atoms with E-state index in [4.69, 9.17) is 16.3 Å². The van der Waals surface area contributed by atoms with Crippen LogP contribution in [-0.2, 0) is 17.9 Å². The quantitative estimate of drug-likeness (QED) is 0.574. The molecule has 1 aliphatic rings. The van der Waals surface area contributed by atoms with Crippen molar-refractivity contribution in [2.45, 2.75) is 20.1 Å². The molecule has 0 bridgehead atoms. The van der Waals surface area contributed by atoms with Crippen molar-refractivity contribution in [1.82, 2.24) is 14.5 Å². The number of carbonyl (C=O) groups excluding carboxylic acids is 1. The van der Waals surface area contributed by atoms with Crippen LogP contribution in [0.15, 0.2) is 65.7 Å². The summed E-state index contributed by atoms with van der Waals surface area (Å²) in [6.45, 7) is 4.87. The molecule has 0 saturated carbocycles. The molecule has 0 spiro atoms. The number of piperazine rings is 1. The Morgan fingerprint density at radius 1 is 1.09 bits per heavy atom. The van der Waals surface area contributed by atoms with Crippen LogP contribution < -0.4 is 15.1 Å². The Kier molecular flexibility index (Phi) is 6.75. The predicted octanol–water partition coefficient (Wildman–Crippen LogP) is 3.13. The number of anilines is 1. The molecule has 1 amide bonds. The van der Waals surface area contributed by atoms with Crippen LogP contribution in [-0.4, -0.2) is 46.5 Å². The van der Waals surface area contributed by atoms with E-state index in [1.807, 2.05) is 48.2 Å². The highest BCUT2D eigenvalue weighted by atomic mass is 35.5. The van der Waals surface area contributed by atoms with Gasteiger partial charge in [-0.05, 0) is 25.1 Å². The zero-order valence-corrected chi connectivity index (χ0v) is 18.7. The van der Waals surface area contributed by atoms with Gasteiger partial charge in [0.1, 0.15) is 19.0 Å². The van der Waals surface area contributed by atoms with Crippen LogP contribution in [0.1, 0.15) is 11.3 Å². The second-order valence-corrected chi connectivity index (χ2v) is 8.11. The van der Waals surface area contributed by atoms with Crippen molar-refractivity contribution in [3.8, 4) is 5.75 Å². The van der Waals surface area contributed by atoms with Gasteiger partial charge in [0.2, 0.25) is 11.3 Å². The molecule has 1 aliphatic heterocycles. The van der Waals surface area contributed by atoms with Crippen molar-refractivity contribution < 1.29 is 9.53 Å². The number of aromatic nitrogens is 2. The second kappa shape index (κ2) is 9.87. The van der Waals surface area contributed by atoms with Crippen molar-refractivity contribution in [3.63, 3.8) is 0 Å². The zero-order valence-electron chi connectivity index (χ0n) is 17.9. The van der Waals surface area contributed by atoms with Gasteiger partial charge in [-0.1, -0.05) is 35.9 Å². The molecular weight excluding hydrogens is 428 g/mol. The van der Waals surface area contributed by atoms with E-state index in [1.54, 1.807) is 23.0 Å². The third-order valence-electron chi connectivity index (χ3n) is 5.56. The van der Waals surface area contributed by atoms with Gasteiger partial charge in [0.05, 0.1) is 6.20 Å². The molecule has 1 fully saturated rings. The van der Waals surface area contributed by atoms with Crippen LogP contribution in [0.3, 0.4) is 0 Å². The summed E-state index contributed by atoms with van der Waals surface area (Å²) in [4.78, 5) is 33.7. The van der Waals surface area contributed by atoms with E-state index in [1.165, 1.54) is 6.07 Å². The van der Waals surface area contributed by atoms with E-state index in [0.717, 1.165) is 24.5 Å². The van der Waals surface area contributed by atoms with Gasteiger partial charge >= 0.3 is 0 Å². The van der Waals surface area contributed by atoms with Crippen molar-refractivity contribution >= 4 is 23.3 Å². The van der Waals surface area contributed by atoms with E-state index in [0.29, 0.717) is 23.8 Å². The van der Waals surface area contributed by atoms with E-state index in [9.17, 15) is 9.59 Å². The minimum atomic E-state index is -0.220. The maximum Gasteiger partial charge on any atom is 0.242 e. The van der Waals surface area contributed by atoms with Crippen LogP contribution in [0.4, 0.5) is 5.82 Å². The van der Waals surface area contributed by atoms with Crippen molar-refractivity contribution in [2.24, 2.45) is 0 Å². The number of hydrogen-bond donors (Lipinski definition) is 0. The number of hydrogen-bond acceptors (Lipinski definition) is 5. The number of ether oxygens (including phenoxy) is 1. The third-order valence-corrected chi connectivity index (χ3v) is 5.93. The van der Waals surface area contributed by atoms with Crippen LogP contribution in [0, 0.1) is 6.92 Å². The molecule has 32 heavy (non-hydrogen) atoms. The summed E-state index contributed by atoms with van der Waals surface area (Å²) in [6, 6.07) is 14.7. The summed E-state index contributed by atoms with van der Waals surface area (Å²) in [5.41, 5.74) is 1.28. The molecule has 0 radical (unpaired) electrons. The highest BCUT2D eigenvalue weighted by Gasteiger charge is 2.22. The predicted molar refractivity (Wildman–Crippen MR) is 124 cm³/mol. The minimum Gasteiger partial charge on any atom is -0.483 e. The SMILES string of the molecule is Cc1cc(=O)c(OCc2ccccc2Cl)cn1CC(=O)N1CCN(c2ccccn2)CC1. The fourth-order valence-electron chi connectivity index (χ4n) is 3.67. The summed E-state index contributed by atoms with van der Waals surface area (Å²) >= 11 is 6.17. The molecular formula is C24H25ClN4O3. The smallest absolute Gasteiger partial charge is 0.242 e. The normalized spacial score (nSPS) is 13.8. The summed E-state index contributed by atoms with van der Waals surface area (Å²) in [5, 5.41) is 0.583. The number of amides is 1. The molecule has 8 heteroatoms. The standard InChI is InChI=1S/C24H25ClN4O3/c1-18-14-21(30)22(32-17-19-6-2-3-7-20(19)25)15-29(18)16-24(31)28-12-10-27(11-13-28)23-8-4-5-9-26-23/h2-9,14-15H,10-13,16-17H2,1H3. The van der Waals surface area contributed by atoms with Gasteiger partial charge in [0.25, 0.3) is 0 Å². The van der Waals surface area contributed by atoms with Gasteiger partial charge in [0.15, 0.2) is 5.75 Å². The minimum absolute atomic E-state index is 0.00877. The maximum absolute atomic E-state index is 12.9. The largest absolute Gasteiger partial charge is 0.483 e. The first-order valence-electron chi connectivity index (χ1n) is 10.5. The lowest BCUT2D eigenvalue weighted by Crippen LogP contribution is -2.49. The summed E-state index contributed by atoms with van der Waals surface area (Å²) in [7, 11) is 0. The summed E-state index contributed by atoms with van der Waals surface area (Å²) in [6.07, 6.45) is 3.38. The highest BCUT2D eigenvalue weighted by Crippen LogP contribution is 2.18. The number of pyridine rings is 2. The van der Waals surface area contributed by atoms with Crippen LogP contribution in [0.2, 0.25) is 5.02 Å². The number of aryl methyl sites for hydroxylation is 1. The average molecular weight is 453 g/mol. The van der Waals surface area contributed by atoms with E-state index >= 15 is 0 Å². The first-order chi connectivity index (χ1) is 15.5. The number of nitrogens with zero attached hydrogens (tertiary/aromatic N) is 4. The van der Waals surface area contributed by atoms with Gasteiger partial charge in [-0.25, -0.2) is 4.98 Å². The molecule has 3 aromatic rings. The Hall–Kier alpha value is -3.32. The molecule has 0 N–H and O–H groups in total. The maximum atomic E-state index is 12.9. The van der Waals surface area contributed by atoms with Crippen LogP contribution in [0.5, 0.6) is 5.75 Å². The monoisotopic (exact) mass is 452 g/mol. The average Bonchev–Trinajstić information content (AvgIpc) is 2.81. The lowest BCUT2D eigenvalue weighted by atomic mass is 10.2. The van der Waals surface area contributed by atoms with E-state index in [-0.39, 0.29) is 30.2 Å². The van der Waals surface area contributed by atoms with Crippen LogP contribution in [0.25, 0.3) is 0 Å². The lowest BCUT2D eigenvalue weighted by Gasteiger charge is -2.35. The van der Waals surface area contributed by atoms with Crippen LogP contribution >= 0.6 is 11.6 Å². The van der Waals surface area contributed by atoms with Gasteiger partial charge in [-0.3, -0.25) is 9.59 Å². The number of carbonyl (C=O) groups is 1. The van der Waals surface area contributed by atoms with Gasteiger partial charge < -0.3 is 19.1 Å². The first-order valence-corrected chi connectivity index (χ1v) is 10.9. The molecule has 2 aromatic heterocycles. The molecule has 1 saturated heterocycles. The third kappa shape index (κ3) is 5.11. The van der Waals surface area contributed by atoms with Gasteiger partial charge in [-0.2, -0.15) is 0 Å². The zero-order chi connectivity index (χ0) is 22.5. The first kappa shape index (κ1) is 21.9. The fraction of sp³-hybridized carbons (Fsp3) is 0.292. The lowest BCUT2D eigenvalue weighted by molar-refractivity contribution is -0.132. The Balaban J connectivity index is 1.39. The molecule has 0 aliphatic carbocycles. The number of benzene rings is 1. The number of rotatable bonds is 6. The Morgan fingerprint density at radius 2 is 1.84 bits per heavy atom. The Morgan fingerprint density at radius 3 is 2.56 bits per heavy atom. The van der Waals surface area contributed by atoms with Gasteiger partial charge in [-0.15, -0.1) is 0 Å².